The van der Waals surface area contributed by atoms with Crippen LogP contribution < -0.4 is 5.32 Å². The summed E-state index contributed by atoms with van der Waals surface area (Å²) in [6, 6.07) is 0. The molecule has 1 aliphatic heterocycles. The molecule has 1 fully saturated rings. The number of hydrogen-bond donors (Lipinski definition) is 1. The second-order valence-corrected chi connectivity index (χ2v) is 2.43. The molecule has 0 radical (unpaired) electrons. The van der Waals surface area contributed by atoms with Gasteiger partial charge in [0.15, 0.2) is 0 Å². The van der Waals surface area contributed by atoms with Gasteiger partial charge in [-0.3, -0.25) is 0 Å². The first kappa shape index (κ1) is 12.7. The molecule has 1 N–H and O–H groups in total. The second-order valence-electron chi connectivity index (χ2n) is 2.43. The summed E-state index contributed by atoms with van der Waals surface area (Å²) in [4.78, 5) is 0. The fourth-order valence-corrected chi connectivity index (χ4v) is 0.966. The van der Waals surface area contributed by atoms with E-state index in [4.69, 9.17) is 0 Å². The van der Waals surface area contributed by atoms with Crippen LogP contribution in [0.1, 0.15) is 19.8 Å². The Labute approximate surface area is 79.5 Å². The molecule has 1 aliphatic rings. The maximum atomic E-state index is 3.32. The molecule has 0 aliphatic carbocycles. The van der Waals surface area contributed by atoms with Crippen LogP contribution in [-0.2, 0) is 0 Å². The van der Waals surface area contributed by atoms with Gasteiger partial charge in [0.2, 0.25) is 0 Å². The van der Waals surface area contributed by atoms with Crippen molar-refractivity contribution in [3.63, 3.8) is 0 Å². The first-order valence-electron chi connectivity index (χ1n) is 3.10. The maximum absolute atomic E-state index is 3.32. The molecule has 0 spiro atoms. The molecule has 0 aromatic heterocycles. The lowest BCUT2D eigenvalue weighted by Gasteiger charge is -2.17. The number of nitrogens with one attached hydrogen (secondary N) is 1. The predicted octanol–water partition coefficient (Wildman–Crippen LogP) is 0.511. The summed E-state index contributed by atoms with van der Waals surface area (Å²) in [6.07, 6.45) is 2.75. The van der Waals surface area contributed by atoms with E-state index in [9.17, 15) is 0 Å². The first-order valence-corrected chi connectivity index (χ1v) is 3.10. The monoisotopic (exact) mass is 161 g/mol. The molecule has 0 amide bonds. The minimum atomic E-state index is 0. The van der Waals surface area contributed by atoms with Crippen LogP contribution in [-0.4, -0.2) is 36.1 Å². The Morgan fingerprint density at radius 3 is 1.89 bits per heavy atom. The molecule has 0 saturated carbocycles. The minimum absolute atomic E-state index is 0. The summed E-state index contributed by atoms with van der Waals surface area (Å²) >= 11 is 0. The van der Waals surface area contributed by atoms with Crippen molar-refractivity contribution in [3.8, 4) is 0 Å². The Hall–Kier alpha value is 1.02. The lowest BCUT2D eigenvalue weighted by molar-refractivity contribution is 0.402. The topological polar surface area (TPSA) is 12.0 Å². The van der Waals surface area contributed by atoms with Crippen LogP contribution >= 0.6 is 12.4 Å². The molecule has 0 atom stereocenters. The van der Waals surface area contributed by atoms with Gasteiger partial charge < -0.3 is 5.32 Å². The van der Waals surface area contributed by atoms with Gasteiger partial charge in [-0.25, -0.2) is 0 Å². The Kier molecular flexibility index (Phi) is 10.0. The van der Waals surface area contributed by atoms with E-state index in [0.717, 1.165) is 5.92 Å². The molecule has 1 heterocycles. The zero-order valence-corrected chi connectivity index (χ0v) is 6.13. The number of hydrogen-bond acceptors (Lipinski definition) is 1. The summed E-state index contributed by atoms with van der Waals surface area (Å²) < 4.78 is 0. The predicted molar refractivity (Wildman–Crippen MR) is 47.1 cm³/mol. The van der Waals surface area contributed by atoms with E-state index in [-0.39, 0.29) is 35.5 Å². The van der Waals surface area contributed by atoms with Crippen molar-refractivity contribution in [2.75, 3.05) is 13.1 Å². The van der Waals surface area contributed by atoms with E-state index in [1.54, 1.807) is 0 Å². The summed E-state index contributed by atoms with van der Waals surface area (Å²) in [6.45, 7) is 4.79. The van der Waals surface area contributed by atoms with Gasteiger partial charge in [0, 0.05) is 0 Å². The molecule has 1 rings (SSSR count). The summed E-state index contributed by atoms with van der Waals surface area (Å²) in [5.41, 5.74) is 0. The van der Waals surface area contributed by atoms with Gasteiger partial charge in [0.25, 0.3) is 0 Å². The molecule has 0 aromatic carbocycles. The van der Waals surface area contributed by atoms with Gasteiger partial charge in [-0.15, -0.1) is 12.4 Å². The Bertz CT molecular complexity index is 55.0. The minimum Gasteiger partial charge on any atom is -0.317 e. The van der Waals surface area contributed by atoms with Gasteiger partial charge in [0.05, 0.1) is 0 Å². The molecule has 1 saturated heterocycles. The Balaban J connectivity index is 0. The molecule has 0 aromatic rings. The fourth-order valence-electron chi connectivity index (χ4n) is 0.966. The zero-order chi connectivity index (χ0) is 5.11. The van der Waals surface area contributed by atoms with Crippen molar-refractivity contribution in [3.05, 3.63) is 0 Å². The van der Waals surface area contributed by atoms with Crippen LogP contribution in [0.25, 0.3) is 0 Å². The number of piperidine rings is 1. The lowest BCUT2D eigenvalue weighted by atomic mass is 10.0. The fraction of sp³-hybridized carbons (Fsp3) is 1.00. The van der Waals surface area contributed by atoms with Crippen molar-refractivity contribution in [2.24, 2.45) is 5.92 Å². The third-order valence-electron chi connectivity index (χ3n) is 1.63. The molecule has 9 heavy (non-hydrogen) atoms. The number of rotatable bonds is 0. The van der Waals surface area contributed by atoms with Crippen LogP contribution in [0.15, 0.2) is 0 Å². The summed E-state index contributed by atoms with van der Waals surface area (Å²) in [7, 11) is 0. The molecule has 54 valence electrons. The summed E-state index contributed by atoms with van der Waals surface area (Å²) in [5, 5.41) is 3.32. The average Bonchev–Trinajstić information content (AvgIpc) is 1.69. The highest BCUT2D eigenvalue weighted by molar-refractivity contribution is 5.85. The highest BCUT2D eigenvalue weighted by Gasteiger charge is 2.04. The standard InChI is InChI=1S/C6H13N.ClH.Mg.2H/c1-6-2-4-7-5-3-6;;;;/h6-7H,2-5H2,1H3;1H;;;. The largest absolute Gasteiger partial charge is 0.317 e. The quantitative estimate of drug-likeness (QED) is 0.511. The smallest absolute Gasteiger partial charge is 0.316 e. The Morgan fingerprint density at radius 1 is 1.22 bits per heavy atom. The van der Waals surface area contributed by atoms with Gasteiger partial charge in [-0.05, 0) is 31.8 Å². The van der Waals surface area contributed by atoms with Crippen molar-refractivity contribution >= 4 is 35.5 Å². The van der Waals surface area contributed by atoms with Crippen LogP contribution in [0.5, 0.6) is 0 Å². The van der Waals surface area contributed by atoms with Crippen molar-refractivity contribution in [1.29, 1.82) is 0 Å². The zero-order valence-electron chi connectivity index (χ0n) is 5.31. The van der Waals surface area contributed by atoms with E-state index in [0.29, 0.717) is 0 Å². The van der Waals surface area contributed by atoms with E-state index in [2.05, 4.69) is 12.2 Å². The van der Waals surface area contributed by atoms with Gasteiger partial charge in [-0.1, -0.05) is 6.92 Å². The van der Waals surface area contributed by atoms with Crippen LogP contribution in [0, 0.1) is 5.92 Å². The van der Waals surface area contributed by atoms with E-state index in [1.807, 2.05) is 0 Å². The molecule has 3 heteroatoms. The van der Waals surface area contributed by atoms with Gasteiger partial charge in [-0.2, -0.15) is 0 Å². The highest BCUT2D eigenvalue weighted by Crippen LogP contribution is 2.08. The average molecular weight is 162 g/mol. The van der Waals surface area contributed by atoms with Gasteiger partial charge in [0.1, 0.15) is 0 Å². The molecule has 0 bridgehead atoms. The van der Waals surface area contributed by atoms with Crippen molar-refractivity contribution in [2.45, 2.75) is 19.8 Å². The molecular formula is C6H16ClMgN. The summed E-state index contributed by atoms with van der Waals surface area (Å²) in [5.74, 6) is 0.973. The first-order chi connectivity index (χ1) is 3.39. The highest BCUT2D eigenvalue weighted by atomic mass is 35.5. The second kappa shape index (κ2) is 7.13. The molecule has 1 nitrogen and oxygen atoms in total. The molecule has 0 unspecified atom stereocenters. The lowest BCUT2D eigenvalue weighted by Crippen LogP contribution is -2.26. The van der Waals surface area contributed by atoms with E-state index in [1.165, 1.54) is 25.9 Å². The normalized spacial score (nSPS) is 19.7. The molecular weight excluding hydrogens is 146 g/mol. The van der Waals surface area contributed by atoms with Crippen LogP contribution in [0.4, 0.5) is 0 Å². The SMILES string of the molecule is CC1CCNCC1.Cl.[MgH2]. The third kappa shape index (κ3) is 5.46. The van der Waals surface area contributed by atoms with E-state index >= 15 is 0 Å². The van der Waals surface area contributed by atoms with Crippen LogP contribution in [0.2, 0.25) is 0 Å². The number of halogens is 1. The van der Waals surface area contributed by atoms with E-state index < -0.39 is 0 Å². The maximum Gasteiger partial charge on any atom is 0.316 e. The third-order valence-corrected chi connectivity index (χ3v) is 1.63. The van der Waals surface area contributed by atoms with Crippen molar-refractivity contribution in [1.82, 2.24) is 5.32 Å². The van der Waals surface area contributed by atoms with Gasteiger partial charge >= 0.3 is 23.1 Å². The van der Waals surface area contributed by atoms with Crippen LogP contribution in [0.3, 0.4) is 0 Å². The Morgan fingerprint density at radius 2 is 1.67 bits per heavy atom. The van der Waals surface area contributed by atoms with Crippen molar-refractivity contribution < 1.29 is 0 Å².